The number of furan rings is 1. The van der Waals surface area contributed by atoms with E-state index in [1.165, 1.54) is 0 Å². The van der Waals surface area contributed by atoms with Crippen molar-refractivity contribution in [2.24, 2.45) is 5.16 Å². The third-order valence-electron chi connectivity index (χ3n) is 6.30. The Labute approximate surface area is 240 Å². The van der Waals surface area contributed by atoms with Gasteiger partial charge < -0.3 is 19.1 Å². The van der Waals surface area contributed by atoms with Crippen molar-refractivity contribution in [3.8, 4) is 28.5 Å². The first-order chi connectivity index (χ1) is 19.5. The minimum atomic E-state index is -0.443. The summed E-state index contributed by atoms with van der Waals surface area (Å²) in [7, 11) is 0. The molecule has 2 aromatic heterocycles. The van der Waals surface area contributed by atoms with Gasteiger partial charge in [0.05, 0.1) is 24.2 Å². The van der Waals surface area contributed by atoms with E-state index in [-0.39, 0.29) is 6.61 Å². The molecule has 0 saturated carbocycles. The second kappa shape index (κ2) is 12.3. The van der Waals surface area contributed by atoms with Crippen molar-refractivity contribution in [2.45, 2.75) is 13.5 Å². The molecule has 2 heterocycles. The Hall–Kier alpha value is -4.87. The van der Waals surface area contributed by atoms with Crippen LogP contribution in [0.15, 0.2) is 117 Å². The number of nitrogens with zero attached hydrogens (tertiary/aromatic N) is 3. The molecular weight excluding hydrogens is 568 g/mol. The van der Waals surface area contributed by atoms with Crippen LogP contribution in [0.5, 0.6) is 0 Å². The molecule has 5 rings (SSSR count). The van der Waals surface area contributed by atoms with Gasteiger partial charge in [0.1, 0.15) is 23.2 Å². The third kappa shape index (κ3) is 5.90. The Morgan fingerprint density at radius 1 is 0.975 bits per heavy atom. The molecule has 8 heteroatoms. The van der Waals surface area contributed by atoms with Crippen LogP contribution in [0, 0.1) is 11.3 Å². The second-order valence-corrected chi connectivity index (χ2v) is 9.88. The first-order valence-corrected chi connectivity index (χ1v) is 13.4. The molecule has 1 N–H and O–H groups in total. The summed E-state index contributed by atoms with van der Waals surface area (Å²) in [6.07, 6.45) is 1.60. The number of halogens is 1. The van der Waals surface area contributed by atoms with Crippen molar-refractivity contribution in [2.75, 3.05) is 11.9 Å². The molecule has 0 saturated heterocycles. The van der Waals surface area contributed by atoms with Gasteiger partial charge >= 0.3 is 0 Å². The Morgan fingerprint density at radius 3 is 2.27 bits per heavy atom. The molecular formula is C32H25BrN4O3. The monoisotopic (exact) mass is 592 g/mol. The molecule has 0 radical (unpaired) electrons. The predicted octanol–water partition coefficient (Wildman–Crippen LogP) is 7.48. The lowest BCUT2D eigenvalue weighted by Crippen LogP contribution is -2.20. The van der Waals surface area contributed by atoms with Gasteiger partial charge in [-0.2, -0.15) is 5.26 Å². The molecule has 3 aromatic carbocycles. The maximum Gasteiger partial charge on any atom is 0.266 e. The van der Waals surface area contributed by atoms with Crippen molar-refractivity contribution < 1.29 is 14.0 Å². The molecule has 198 valence electrons. The molecule has 40 heavy (non-hydrogen) atoms. The molecule has 0 aliphatic carbocycles. The van der Waals surface area contributed by atoms with Gasteiger partial charge in [-0.25, -0.2) is 0 Å². The van der Waals surface area contributed by atoms with E-state index >= 15 is 0 Å². The maximum atomic E-state index is 13.1. The van der Waals surface area contributed by atoms with E-state index in [9.17, 15) is 10.1 Å². The van der Waals surface area contributed by atoms with E-state index in [4.69, 9.17) is 9.25 Å². The van der Waals surface area contributed by atoms with Crippen molar-refractivity contribution in [3.63, 3.8) is 0 Å². The van der Waals surface area contributed by atoms with Crippen molar-refractivity contribution >= 4 is 33.4 Å². The molecule has 7 nitrogen and oxygen atoms in total. The van der Waals surface area contributed by atoms with Crippen molar-refractivity contribution in [3.05, 3.63) is 125 Å². The molecule has 0 atom stereocenters. The van der Waals surface area contributed by atoms with Crippen LogP contribution in [0.2, 0.25) is 0 Å². The summed E-state index contributed by atoms with van der Waals surface area (Å²) in [4.78, 5) is 18.5. The van der Waals surface area contributed by atoms with E-state index in [1.54, 1.807) is 6.26 Å². The number of rotatable bonds is 9. The zero-order valence-corrected chi connectivity index (χ0v) is 23.3. The minimum absolute atomic E-state index is 0.302. The highest BCUT2D eigenvalue weighted by Crippen LogP contribution is 2.42. The first kappa shape index (κ1) is 26.7. The highest BCUT2D eigenvalue weighted by atomic mass is 79.9. The third-order valence-corrected chi connectivity index (χ3v) is 6.82. The zero-order chi connectivity index (χ0) is 27.9. The van der Waals surface area contributed by atoms with E-state index < -0.39 is 5.91 Å². The van der Waals surface area contributed by atoms with Crippen LogP contribution >= 0.6 is 15.9 Å². The van der Waals surface area contributed by atoms with E-state index in [0.29, 0.717) is 29.4 Å². The Kier molecular flexibility index (Phi) is 8.24. The number of carbonyl (C=O) groups is 1. The number of carbonyl (C=O) groups excluding carboxylic acids is 1. The van der Waals surface area contributed by atoms with Crippen LogP contribution in [-0.2, 0) is 16.2 Å². The second-order valence-electron chi connectivity index (χ2n) is 8.96. The average Bonchev–Trinajstić information content (AvgIpc) is 3.60. The lowest BCUT2D eigenvalue weighted by Gasteiger charge is -2.14. The van der Waals surface area contributed by atoms with E-state index in [2.05, 4.69) is 32.5 Å². The number of oxime groups is 1. The first-order valence-electron chi connectivity index (χ1n) is 12.6. The Balaban J connectivity index is 1.53. The van der Waals surface area contributed by atoms with Gasteiger partial charge in [0.2, 0.25) is 0 Å². The van der Waals surface area contributed by atoms with Crippen LogP contribution in [0.25, 0.3) is 22.4 Å². The fourth-order valence-electron chi connectivity index (χ4n) is 4.46. The van der Waals surface area contributed by atoms with Gasteiger partial charge in [0.25, 0.3) is 5.91 Å². The van der Waals surface area contributed by atoms with Crippen LogP contribution in [-0.4, -0.2) is 22.8 Å². The standard InChI is InChI=1S/C32H25BrN4O3/c1-22(23-14-16-26(33)17-15-23)36-40-21-29(38)35-32-28(19-34)30(24-9-4-2-5-10-24)31(25-11-6-3-7-12-25)37(32)20-27-13-8-18-39-27/h2-18H,20-21H2,1H3,(H,35,38). The summed E-state index contributed by atoms with van der Waals surface area (Å²) < 4.78 is 8.52. The number of hydrogen-bond acceptors (Lipinski definition) is 5. The Bertz CT molecular complexity index is 1670. The fourth-order valence-corrected chi connectivity index (χ4v) is 4.72. The largest absolute Gasteiger partial charge is 0.467 e. The lowest BCUT2D eigenvalue weighted by atomic mass is 9.98. The topological polar surface area (TPSA) is 92.5 Å². The lowest BCUT2D eigenvalue weighted by molar-refractivity contribution is -0.120. The molecule has 0 fully saturated rings. The van der Waals surface area contributed by atoms with Crippen LogP contribution in [0.3, 0.4) is 0 Å². The SMILES string of the molecule is CC(=NOCC(=O)Nc1c(C#N)c(-c2ccccc2)c(-c2ccccc2)n1Cc1ccco1)c1ccc(Br)cc1. The molecule has 0 bridgehead atoms. The fraction of sp³-hybridized carbons (Fsp3) is 0.0938. The number of nitrogens with one attached hydrogen (secondary N) is 1. The quantitative estimate of drug-likeness (QED) is 0.142. The predicted molar refractivity (Wildman–Crippen MR) is 159 cm³/mol. The highest BCUT2D eigenvalue weighted by Gasteiger charge is 2.27. The van der Waals surface area contributed by atoms with Crippen LogP contribution < -0.4 is 5.32 Å². The van der Waals surface area contributed by atoms with Gasteiger partial charge in [0, 0.05) is 10.0 Å². The smallest absolute Gasteiger partial charge is 0.266 e. The zero-order valence-electron chi connectivity index (χ0n) is 21.7. The number of anilines is 1. The average molecular weight is 593 g/mol. The van der Waals surface area contributed by atoms with Gasteiger partial charge in [-0.05, 0) is 47.9 Å². The number of benzene rings is 3. The summed E-state index contributed by atoms with van der Waals surface area (Å²) in [5, 5.41) is 17.4. The molecule has 1 amide bonds. The number of amides is 1. The molecule has 0 aliphatic rings. The minimum Gasteiger partial charge on any atom is -0.467 e. The number of aromatic nitrogens is 1. The maximum absolute atomic E-state index is 13.1. The van der Waals surface area contributed by atoms with Gasteiger partial charge in [-0.15, -0.1) is 0 Å². The summed E-state index contributed by atoms with van der Waals surface area (Å²) in [5.41, 5.74) is 5.13. The van der Waals surface area contributed by atoms with E-state index in [0.717, 1.165) is 32.4 Å². The highest BCUT2D eigenvalue weighted by molar-refractivity contribution is 9.10. The van der Waals surface area contributed by atoms with Crippen molar-refractivity contribution in [1.29, 1.82) is 5.26 Å². The molecule has 0 spiro atoms. The normalized spacial score (nSPS) is 11.2. The molecule has 0 aliphatic heterocycles. The van der Waals surface area contributed by atoms with Gasteiger partial charge in [0.15, 0.2) is 6.61 Å². The summed E-state index contributed by atoms with van der Waals surface area (Å²) in [5.74, 6) is 0.595. The summed E-state index contributed by atoms with van der Waals surface area (Å²) in [6.45, 7) is 1.78. The number of hydrogen-bond donors (Lipinski definition) is 1. The van der Waals surface area contributed by atoms with Crippen LogP contribution in [0.4, 0.5) is 5.82 Å². The number of nitriles is 1. The van der Waals surface area contributed by atoms with Gasteiger partial charge in [-0.3, -0.25) is 4.79 Å². The molecule has 5 aromatic rings. The Morgan fingerprint density at radius 2 is 1.65 bits per heavy atom. The molecule has 0 unspecified atom stereocenters. The van der Waals surface area contributed by atoms with Crippen molar-refractivity contribution in [1.82, 2.24) is 4.57 Å². The summed E-state index contributed by atoms with van der Waals surface area (Å²) >= 11 is 3.42. The van der Waals surface area contributed by atoms with Crippen LogP contribution in [0.1, 0.15) is 23.8 Å². The van der Waals surface area contributed by atoms with E-state index in [1.807, 2.05) is 109 Å². The van der Waals surface area contributed by atoms with Gasteiger partial charge in [-0.1, -0.05) is 93.9 Å². The summed E-state index contributed by atoms with van der Waals surface area (Å²) in [6, 6.07) is 33.1.